The number of hydrogen-bond donors (Lipinski definition) is 2. The minimum atomic E-state index is 0.350. The third-order valence-electron chi connectivity index (χ3n) is 5.13. The van der Waals surface area contributed by atoms with Gasteiger partial charge in [0.25, 0.3) is 0 Å². The van der Waals surface area contributed by atoms with Gasteiger partial charge in [0.05, 0.1) is 17.8 Å². The normalized spacial score (nSPS) is 16.0. The van der Waals surface area contributed by atoms with Crippen LogP contribution in [0.5, 0.6) is 0 Å². The summed E-state index contributed by atoms with van der Waals surface area (Å²) in [7, 11) is 1.75. The Morgan fingerprint density at radius 2 is 2.10 bits per heavy atom. The summed E-state index contributed by atoms with van der Waals surface area (Å²) in [6.07, 6.45) is 7.01. The molecule has 0 saturated carbocycles. The molecule has 0 unspecified atom stereocenters. The Balaban J connectivity index is 1.77. The number of nitrogens with one attached hydrogen (secondary N) is 1. The highest BCUT2D eigenvalue weighted by atomic mass is 16.5. The van der Waals surface area contributed by atoms with E-state index in [0.29, 0.717) is 18.2 Å². The van der Waals surface area contributed by atoms with Crippen LogP contribution < -0.4 is 11.1 Å². The van der Waals surface area contributed by atoms with Crippen molar-refractivity contribution in [2.75, 3.05) is 25.6 Å². The molecule has 1 saturated heterocycles. The highest BCUT2D eigenvalue weighted by Gasteiger charge is 2.19. The second kappa shape index (κ2) is 8.87. The lowest BCUT2D eigenvalue weighted by atomic mass is 10.1. The summed E-state index contributed by atoms with van der Waals surface area (Å²) in [5.41, 5.74) is 10.2. The van der Waals surface area contributed by atoms with Crippen LogP contribution in [0.1, 0.15) is 24.0 Å². The summed E-state index contributed by atoms with van der Waals surface area (Å²) < 4.78 is 7.68. The number of imidazole rings is 1. The first-order valence-corrected chi connectivity index (χ1v) is 9.88. The molecule has 3 heterocycles. The van der Waals surface area contributed by atoms with Crippen molar-refractivity contribution in [3.05, 3.63) is 66.0 Å². The third kappa shape index (κ3) is 4.30. The summed E-state index contributed by atoms with van der Waals surface area (Å²) in [5, 5.41) is 3.61. The minimum Gasteiger partial charge on any atom is -0.405 e. The first kappa shape index (κ1) is 19.1. The van der Waals surface area contributed by atoms with E-state index >= 15 is 0 Å². The Labute approximate surface area is 170 Å². The van der Waals surface area contributed by atoms with E-state index in [4.69, 9.17) is 15.5 Å². The quantitative estimate of drug-likeness (QED) is 0.632. The van der Waals surface area contributed by atoms with Crippen molar-refractivity contribution in [2.24, 2.45) is 10.7 Å². The van der Waals surface area contributed by atoms with Crippen LogP contribution in [-0.4, -0.2) is 46.6 Å². The highest BCUT2D eigenvalue weighted by molar-refractivity contribution is 6.09. The molecule has 0 aliphatic carbocycles. The molecule has 1 aromatic carbocycles. The van der Waals surface area contributed by atoms with Crippen molar-refractivity contribution < 1.29 is 4.74 Å². The fourth-order valence-electron chi connectivity index (χ4n) is 3.60. The number of ether oxygens (including phenoxy) is 1. The van der Waals surface area contributed by atoms with Crippen molar-refractivity contribution in [3.63, 3.8) is 0 Å². The maximum atomic E-state index is 5.58. The van der Waals surface area contributed by atoms with Gasteiger partial charge in [0, 0.05) is 38.1 Å². The summed E-state index contributed by atoms with van der Waals surface area (Å²) in [6, 6.07) is 12.8. The van der Waals surface area contributed by atoms with E-state index in [1.807, 2.05) is 6.07 Å². The average molecular weight is 390 g/mol. The van der Waals surface area contributed by atoms with Gasteiger partial charge in [0.15, 0.2) is 5.65 Å². The zero-order valence-electron chi connectivity index (χ0n) is 16.6. The van der Waals surface area contributed by atoms with Gasteiger partial charge in [0.2, 0.25) is 5.95 Å². The number of nitrogens with two attached hydrogens (primary N) is 1. The maximum absolute atomic E-state index is 5.58. The van der Waals surface area contributed by atoms with Gasteiger partial charge in [0.1, 0.15) is 0 Å². The summed E-state index contributed by atoms with van der Waals surface area (Å²) in [6.45, 7) is 2.26. The van der Waals surface area contributed by atoms with Gasteiger partial charge in [-0.2, -0.15) is 4.98 Å². The van der Waals surface area contributed by atoms with Crippen LogP contribution in [0.4, 0.5) is 5.95 Å². The molecule has 3 N–H and O–H groups in total. The smallest absolute Gasteiger partial charge is 0.205 e. The van der Waals surface area contributed by atoms with Gasteiger partial charge in [-0.05, 0) is 36.7 Å². The van der Waals surface area contributed by atoms with E-state index in [0.717, 1.165) is 48.8 Å². The van der Waals surface area contributed by atoms with Crippen LogP contribution >= 0.6 is 0 Å². The predicted octanol–water partition coefficient (Wildman–Crippen LogP) is 2.96. The first-order valence-electron chi connectivity index (χ1n) is 9.88. The number of allylic oxidation sites excluding steroid dienone is 1. The molecule has 1 aliphatic heterocycles. The van der Waals surface area contributed by atoms with Crippen LogP contribution in [0.15, 0.2) is 59.9 Å². The van der Waals surface area contributed by atoms with Crippen LogP contribution in [-0.2, 0) is 11.3 Å². The number of nitrogens with zero attached hydrogens (tertiary/aromatic N) is 4. The van der Waals surface area contributed by atoms with Gasteiger partial charge in [-0.1, -0.05) is 30.3 Å². The van der Waals surface area contributed by atoms with E-state index in [-0.39, 0.29) is 0 Å². The average Bonchev–Trinajstić information content (AvgIpc) is 3.09. The number of aliphatic imine (C=N–C) groups is 1. The van der Waals surface area contributed by atoms with Crippen molar-refractivity contribution in [2.45, 2.75) is 25.4 Å². The third-order valence-corrected chi connectivity index (χ3v) is 5.13. The Bertz CT molecular complexity index is 1020. The lowest BCUT2D eigenvalue weighted by Gasteiger charge is -2.24. The zero-order valence-corrected chi connectivity index (χ0v) is 16.6. The molecule has 0 atom stereocenters. The molecule has 7 nitrogen and oxygen atoms in total. The standard InChI is InChI=1S/C22H26N6O/c1-24-19(7-10-23)17-13-20-21(25-14-17)27-22(26-18-8-11-29-12-9-18)28(20)15-16-5-3-2-4-6-16/h2-7,10,13-14,18H,8-9,11-12,15,23H2,1H3,(H,25,26,27). The Hall–Kier alpha value is -3.19. The molecule has 0 amide bonds. The van der Waals surface area contributed by atoms with Crippen LogP contribution in [0, 0.1) is 0 Å². The molecule has 3 aromatic rings. The molecule has 4 rings (SSSR count). The molecule has 29 heavy (non-hydrogen) atoms. The minimum absolute atomic E-state index is 0.350. The van der Waals surface area contributed by atoms with Gasteiger partial charge in [-0.25, -0.2) is 4.98 Å². The lowest BCUT2D eigenvalue weighted by molar-refractivity contribution is 0.0902. The predicted molar refractivity (Wildman–Crippen MR) is 116 cm³/mol. The molecule has 0 radical (unpaired) electrons. The number of benzene rings is 1. The monoisotopic (exact) mass is 390 g/mol. The fourth-order valence-corrected chi connectivity index (χ4v) is 3.60. The number of anilines is 1. The Kier molecular flexibility index (Phi) is 5.86. The first-order chi connectivity index (χ1) is 14.3. The molecular weight excluding hydrogens is 364 g/mol. The number of pyridine rings is 1. The molecule has 150 valence electrons. The molecular formula is C22H26N6O. The maximum Gasteiger partial charge on any atom is 0.205 e. The van der Waals surface area contributed by atoms with Gasteiger partial charge in [-0.15, -0.1) is 0 Å². The van der Waals surface area contributed by atoms with Crippen molar-refractivity contribution >= 4 is 22.8 Å². The number of fused-ring (bicyclic) bond motifs is 1. The van der Waals surface area contributed by atoms with Crippen LogP contribution in [0.2, 0.25) is 0 Å². The topological polar surface area (TPSA) is 90.3 Å². The number of rotatable bonds is 6. The Morgan fingerprint density at radius 1 is 1.31 bits per heavy atom. The molecule has 7 heteroatoms. The van der Waals surface area contributed by atoms with E-state index in [9.17, 15) is 0 Å². The van der Waals surface area contributed by atoms with Crippen molar-refractivity contribution in [1.29, 1.82) is 0 Å². The molecule has 0 bridgehead atoms. The number of hydrogen-bond acceptors (Lipinski definition) is 6. The van der Waals surface area contributed by atoms with Crippen molar-refractivity contribution in [1.82, 2.24) is 14.5 Å². The molecule has 2 aromatic heterocycles. The second-order valence-corrected chi connectivity index (χ2v) is 7.07. The van der Waals surface area contributed by atoms with E-state index in [1.54, 1.807) is 19.3 Å². The van der Waals surface area contributed by atoms with Gasteiger partial charge >= 0.3 is 0 Å². The zero-order chi connectivity index (χ0) is 20.1. The summed E-state index contributed by atoms with van der Waals surface area (Å²) >= 11 is 0. The fraction of sp³-hybridized carbons (Fsp3) is 0.318. The molecule has 1 aliphatic rings. The summed E-state index contributed by atoms with van der Waals surface area (Å²) in [4.78, 5) is 13.7. The largest absolute Gasteiger partial charge is 0.405 e. The Morgan fingerprint density at radius 3 is 2.83 bits per heavy atom. The molecule has 1 fully saturated rings. The van der Waals surface area contributed by atoms with Crippen LogP contribution in [0.25, 0.3) is 11.2 Å². The number of aromatic nitrogens is 3. The molecule has 0 spiro atoms. The van der Waals surface area contributed by atoms with E-state index < -0.39 is 0 Å². The van der Waals surface area contributed by atoms with Gasteiger partial charge < -0.3 is 20.4 Å². The van der Waals surface area contributed by atoms with Crippen LogP contribution in [0.3, 0.4) is 0 Å². The van der Waals surface area contributed by atoms with Crippen molar-refractivity contribution in [3.8, 4) is 0 Å². The van der Waals surface area contributed by atoms with Gasteiger partial charge in [-0.3, -0.25) is 4.99 Å². The highest BCUT2D eigenvalue weighted by Crippen LogP contribution is 2.23. The summed E-state index contributed by atoms with van der Waals surface area (Å²) in [5.74, 6) is 0.838. The van der Waals surface area contributed by atoms with E-state index in [2.05, 4.69) is 50.2 Å². The van der Waals surface area contributed by atoms with E-state index in [1.165, 1.54) is 11.8 Å². The lowest BCUT2D eigenvalue weighted by Crippen LogP contribution is -2.29. The second-order valence-electron chi connectivity index (χ2n) is 7.07. The SMILES string of the molecule is CN=C(C=CN)c1cnc2nc(NC3CCOCC3)n(Cc3ccccc3)c2c1.